The quantitative estimate of drug-likeness (QED) is 0.689. The lowest BCUT2D eigenvalue weighted by Crippen LogP contribution is -2.20. The number of ether oxygens (including phenoxy) is 1. The highest BCUT2D eigenvalue weighted by atomic mass is 32.2. The molecular weight excluding hydrogens is 285 g/mol. The summed E-state index contributed by atoms with van der Waals surface area (Å²) in [6.45, 7) is 1.41. The van der Waals surface area contributed by atoms with Crippen molar-refractivity contribution in [2.45, 2.75) is 25.6 Å². The lowest BCUT2D eigenvalue weighted by molar-refractivity contribution is -0.109. The van der Waals surface area contributed by atoms with Crippen LogP contribution in [0.3, 0.4) is 0 Å². The van der Waals surface area contributed by atoms with E-state index >= 15 is 0 Å². The van der Waals surface area contributed by atoms with Gasteiger partial charge in [-0.2, -0.15) is 0 Å². The Morgan fingerprint density at radius 2 is 2.15 bits per heavy atom. The maximum absolute atomic E-state index is 13.8. The number of nitrogens with two attached hydrogens (primary N) is 1. The SMILES string of the molecule is COc1cc(C(O)C(O)CCSC(C)=O)c(F)cc1N. The fourth-order valence-corrected chi connectivity index (χ4v) is 2.32. The summed E-state index contributed by atoms with van der Waals surface area (Å²) < 4.78 is 18.7. The van der Waals surface area contributed by atoms with Crippen LogP contribution in [0.4, 0.5) is 10.1 Å². The van der Waals surface area contributed by atoms with E-state index in [2.05, 4.69) is 0 Å². The van der Waals surface area contributed by atoms with E-state index < -0.39 is 18.0 Å². The lowest BCUT2D eigenvalue weighted by Gasteiger charge is -2.19. The monoisotopic (exact) mass is 303 g/mol. The lowest BCUT2D eigenvalue weighted by atomic mass is 10.0. The third kappa shape index (κ3) is 4.36. The number of aliphatic hydroxyl groups is 2. The van der Waals surface area contributed by atoms with Crippen molar-refractivity contribution in [2.24, 2.45) is 0 Å². The molecule has 2 atom stereocenters. The van der Waals surface area contributed by atoms with E-state index in [0.717, 1.165) is 17.8 Å². The summed E-state index contributed by atoms with van der Waals surface area (Å²) in [5.41, 5.74) is 5.57. The number of rotatable bonds is 6. The third-order valence-corrected chi connectivity index (χ3v) is 3.60. The number of aliphatic hydroxyl groups excluding tert-OH is 2. The van der Waals surface area contributed by atoms with Gasteiger partial charge >= 0.3 is 0 Å². The van der Waals surface area contributed by atoms with Gasteiger partial charge < -0.3 is 20.7 Å². The summed E-state index contributed by atoms with van der Waals surface area (Å²) in [4.78, 5) is 10.8. The van der Waals surface area contributed by atoms with Gasteiger partial charge in [0.25, 0.3) is 0 Å². The van der Waals surface area contributed by atoms with E-state index in [1.54, 1.807) is 0 Å². The molecule has 0 radical (unpaired) electrons. The molecule has 0 bridgehead atoms. The van der Waals surface area contributed by atoms with Crippen LogP contribution in [-0.2, 0) is 4.79 Å². The summed E-state index contributed by atoms with van der Waals surface area (Å²) in [6.07, 6.45) is -2.42. The second kappa shape index (κ2) is 7.47. The largest absolute Gasteiger partial charge is 0.495 e. The van der Waals surface area contributed by atoms with Crippen LogP contribution in [-0.4, -0.2) is 34.3 Å². The first-order chi connectivity index (χ1) is 9.36. The number of hydrogen-bond donors (Lipinski definition) is 3. The highest BCUT2D eigenvalue weighted by Crippen LogP contribution is 2.30. The second-order valence-electron chi connectivity index (χ2n) is 4.26. The summed E-state index contributed by atoms with van der Waals surface area (Å²) in [6, 6.07) is 2.30. The van der Waals surface area contributed by atoms with Gasteiger partial charge in [0.1, 0.15) is 17.7 Å². The Bertz CT molecular complexity index is 484. The van der Waals surface area contributed by atoms with Crippen molar-refractivity contribution in [1.29, 1.82) is 0 Å². The molecule has 0 fully saturated rings. The molecule has 20 heavy (non-hydrogen) atoms. The molecule has 0 saturated carbocycles. The van der Waals surface area contributed by atoms with Gasteiger partial charge in [0, 0.05) is 24.3 Å². The number of carbonyl (C=O) groups is 1. The van der Waals surface area contributed by atoms with Gasteiger partial charge in [-0.05, 0) is 12.5 Å². The van der Waals surface area contributed by atoms with Crippen molar-refractivity contribution >= 4 is 22.6 Å². The highest BCUT2D eigenvalue weighted by Gasteiger charge is 2.23. The van der Waals surface area contributed by atoms with E-state index in [1.807, 2.05) is 0 Å². The Morgan fingerprint density at radius 1 is 1.50 bits per heavy atom. The summed E-state index contributed by atoms with van der Waals surface area (Å²) in [7, 11) is 1.37. The second-order valence-corrected chi connectivity index (χ2v) is 5.53. The number of nitrogen functional groups attached to an aromatic ring is 1. The zero-order chi connectivity index (χ0) is 15.3. The Balaban J connectivity index is 2.80. The standard InChI is InChI=1S/C13H18FNO4S/c1-7(16)20-4-3-11(17)13(18)8-5-12(19-2)10(15)6-9(8)14/h5-6,11,13,17-18H,3-4,15H2,1-2H3. The predicted octanol–water partition coefficient (Wildman–Crippen LogP) is 1.48. The van der Waals surface area contributed by atoms with E-state index in [-0.39, 0.29) is 28.5 Å². The smallest absolute Gasteiger partial charge is 0.185 e. The highest BCUT2D eigenvalue weighted by molar-refractivity contribution is 8.13. The molecule has 0 aromatic heterocycles. The first-order valence-corrected chi connectivity index (χ1v) is 6.97. The molecule has 0 saturated heterocycles. The van der Waals surface area contributed by atoms with Gasteiger partial charge in [0.15, 0.2) is 5.12 Å². The average molecular weight is 303 g/mol. The molecule has 0 aliphatic carbocycles. The van der Waals surface area contributed by atoms with Gasteiger partial charge in [-0.1, -0.05) is 11.8 Å². The minimum Gasteiger partial charge on any atom is -0.495 e. The number of methoxy groups -OCH3 is 1. The first kappa shape index (κ1) is 16.7. The van der Waals surface area contributed by atoms with Crippen LogP contribution in [0.15, 0.2) is 12.1 Å². The minimum atomic E-state index is -1.41. The third-order valence-electron chi connectivity index (χ3n) is 2.75. The van der Waals surface area contributed by atoms with Gasteiger partial charge in [0.2, 0.25) is 0 Å². The van der Waals surface area contributed by atoms with Crippen molar-refractivity contribution in [3.63, 3.8) is 0 Å². The molecule has 5 nitrogen and oxygen atoms in total. The normalized spacial score (nSPS) is 13.8. The van der Waals surface area contributed by atoms with Gasteiger partial charge in [-0.3, -0.25) is 4.79 Å². The number of anilines is 1. The molecule has 1 aromatic rings. The van der Waals surface area contributed by atoms with Crippen LogP contribution < -0.4 is 10.5 Å². The molecule has 0 amide bonds. The van der Waals surface area contributed by atoms with Crippen molar-refractivity contribution in [2.75, 3.05) is 18.6 Å². The predicted molar refractivity (Wildman–Crippen MR) is 76.1 cm³/mol. The number of hydrogen-bond acceptors (Lipinski definition) is 6. The Kier molecular flexibility index (Phi) is 6.25. The van der Waals surface area contributed by atoms with Gasteiger partial charge in [0.05, 0.1) is 18.9 Å². The average Bonchev–Trinajstić information content (AvgIpc) is 2.37. The minimum absolute atomic E-state index is 0.0768. The molecule has 0 spiro atoms. The van der Waals surface area contributed by atoms with Crippen LogP contribution in [0.25, 0.3) is 0 Å². The molecule has 112 valence electrons. The van der Waals surface area contributed by atoms with Crippen molar-refractivity contribution in [3.8, 4) is 5.75 Å². The maximum Gasteiger partial charge on any atom is 0.185 e. The Hall–Kier alpha value is -1.31. The molecule has 0 heterocycles. The van der Waals surface area contributed by atoms with Gasteiger partial charge in [-0.25, -0.2) is 4.39 Å². The van der Waals surface area contributed by atoms with E-state index in [1.165, 1.54) is 20.1 Å². The van der Waals surface area contributed by atoms with Crippen molar-refractivity contribution in [1.82, 2.24) is 0 Å². The fraction of sp³-hybridized carbons (Fsp3) is 0.462. The van der Waals surface area contributed by atoms with Crippen LogP contribution >= 0.6 is 11.8 Å². The van der Waals surface area contributed by atoms with E-state index in [4.69, 9.17) is 10.5 Å². The van der Waals surface area contributed by atoms with Crippen LogP contribution in [0.5, 0.6) is 5.75 Å². The summed E-state index contributed by atoms with van der Waals surface area (Å²) >= 11 is 1.04. The molecule has 1 rings (SSSR count). The molecule has 0 aliphatic rings. The number of carbonyl (C=O) groups excluding carboxylic acids is 1. The molecular formula is C13H18FNO4S. The molecule has 0 aliphatic heterocycles. The maximum atomic E-state index is 13.8. The molecule has 7 heteroatoms. The number of halogens is 1. The fourth-order valence-electron chi connectivity index (χ4n) is 1.68. The molecule has 4 N–H and O–H groups in total. The first-order valence-electron chi connectivity index (χ1n) is 5.99. The van der Waals surface area contributed by atoms with E-state index in [9.17, 15) is 19.4 Å². The summed E-state index contributed by atoms with van der Waals surface area (Å²) in [5, 5.41) is 19.7. The summed E-state index contributed by atoms with van der Waals surface area (Å²) in [5.74, 6) is -0.138. The zero-order valence-electron chi connectivity index (χ0n) is 11.3. The number of thioether (sulfide) groups is 1. The van der Waals surface area contributed by atoms with Gasteiger partial charge in [-0.15, -0.1) is 0 Å². The van der Waals surface area contributed by atoms with Crippen LogP contribution in [0.2, 0.25) is 0 Å². The topological polar surface area (TPSA) is 92.8 Å². The zero-order valence-corrected chi connectivity index (χ0v) is 12.1. The Labute approximate surface area is 120 Å². The van der Waals surface area contributed by atoms with Crippen LogP contribution in [0, 0.1) is 5.82 Å². The van der Waals surface area contributed by atoms with Crippen LogP contribution in [0.1, 0.15) is 25.0 Å². The molecule has 1 aromatic carbocycles. The molecule has 2 unspecified atom stereocenters. The van der Waals surface area contributed by atoms with E-state index in [0.29, 0.717) is 5.75 Å². The van der Waals surface area contributed by atoms with Crippen molar-refractivity contribution < 1.29 is 24.1 Å². The van der Waals surface area contributed by atoms with Crippen molar-refractivity contribution in [3.05, 3.63) is 23.5 Å². The number of benzene rings is 1. The Morgan fingerprint density at radius 3 is 2.70 bits per heavy atom.